The summed E-state index contributed by atoms with van der Waals surface area (Å²) < 4.78 is 5.01. The lowest BCUT2D eigenvalue weighted by atomic mass is 10.1. The number of nitrogens with zero attached hydrogens (tertiary/aromatic N) is 1. The molecular weight excluding hydrogens is 244 g/mol. The minimum absolute atomic E-state index is 0.0697. The van der Waals surface area contributed by atoms with Crippen molar-refractivity contribution >= 4 is 17.6 Å². The van der Waals surface area contributed by atoms with E-state index in [0.717, 1.165) is 0 Å². The van der Waals surface area contributed by atoms with Crippen molar-refractivity contribution in [3.8, 4) is 0 Å². The average Bonchev–Trinajstić information content (AvgIpc) is 2.37. The van der Waals surface area contributed by atoms with Gasteiger partial charge in [-0.15, -0.1) is 0 Å². The maximum absolute atomic E-state index is 11.9. The van der Waals surface area contributed by atoms with Gasteiger partial charge in [0.15, 0.2) is 6.61 Å². The molecular formula is C14H20N2O3. The second-order valence-corrected chi connectivity index (χ2v) is 4.69. The van der Waals surface area contributed by atoms with Crippen molar-refractivity contribution in [1.82, 2.24) is 4.90 Å². The number of ether oxygens (including phenoxy) is 1. The quantitative estimate of drug-likeness (QED) is 0.662. The molecule has 5 nitrogen and oxygen atoms in total. The highest BCUT2D eigenvalue weighted by atomic mass is 16.5. The summed E-state index contributed by atoms with van der Waals surface area (Å²) in [4.78, 5) is 25.1. The van der Waals surface area contributed by atoms with Crippen LogP contribution in [0.3, 0.4) is 0 Å². The molecule has 104 valence electrons. The molecule has 0 saturated heterocycles. The van der Waals surface area contributed by atoms with Crippen molar-refractivity contribution in [2.45, 2.75) is 26.8 Å². The maximum Gasteiger partial charge on any atom is 0.338 e. The number of esters is 1. The Labute approximate surface area is 113 Å². The van der Waals surface area contributed by atoms with Gasteiger partial charge in [-0.1, -0.05) is 6.07 Å². The lowest BCUT2D eigenvalue weighted by molar-refractivity contribution is -0.134. The van der Waals surface area contributed by atoms with Crippen molar-refractivity contribution in [2.24, 2.45) is 0 Å². The Balaban J connectivity index is 2.66. The van der Waals surface area contributed by atoms with Crippen LogP contribution in [0.1, 0.15) is 29.8 Å². The molecule has 0 heterocycles. The van der Waals surface area contributed by atoms with E-state index in [2.05, 4.69) is 0 Å². The molecule has 1 aromatic rings. The number of benzene rings is 1. The molecule has 0 bridgehead atoms. The number of nitrogen functional groups attached to an aromatic ring is 1. The van der Waals surface area contributed by atoms with Crippen LogP contribution in [-0.4, -0.2) is 36.5 Å². The van der Waals surface area contributed by atoms with Gasteiger partial charge in [-0.3, -0.25) is 4.79 Å². The first-order valence-electron chi connectivity index (χ1n) is 6.12. The molecule has 2 N–H and O–H groups in total. The first kappa shape index (κ1) is 15.0. The van der Waals surface area contributed by atoms with E-state index >= 15 is 0 Å². The standard InChI is InChI=1S/C14H20N2O3/c1-9(2)16(4)13(17)8-19-14(18)11-6-5-7-12(15)10(11)3/h5-7,9H,8,15H2,1-4H3. The lowest BCUT2D eigenvalue weighted by Crippen LogP contribution is -2.36. The highest BCUT2D eigenvalue weighted by Crippen LogP contribution is 2.16. The number of amides is 1. The van der Waals surface area contributed by atoms with Gasteiger partial charge in [0.05, 0.1) is 5.56 Å². The van der Waals surface area contributed by atoms with Crippen LogP contribution < -0.4 is 5.73 Å². The van der Waals surface area contributed by atoms with Crippen LogP contribution in [-0.2, 0) is 9.53 Å². The SMILES string of the molecule is Cc1c(N)cccc1C(=O)OCC(=O)N(C)C(C)C. The molecule has 1 aromatic carbocycles. The van der Waals surface area contributed by atoms with Crippen LogP contribution in [0.4, 0.5) is 5.69 Å². The molecule has 0 radical (unpaired) electrons. The molecule has 0 saturated carbocycles. The van der Waals surface area contributed by atoms with Gasteiger partial charge in [0.2, 0.25) is 0 Å². The summed E-state index contributed by atoms with van der Waals surface area (Å²) in [5.74, 6) is -0.764. The zero-order valence-corrected chi connectivity index (χ0v) is 11.8. The fourth-order valence-corrected chi connectivity index (χ4v) is 1.47. The first-order valence-corrected chi connectivity index (χ1v) is 6.12. The average molecular weight is 264 g/mol. The highest BCUT2D eigenvalue weighted by Gasteiger charge is 2.16. The Kier molecular flexibility index (Phi) is 4.92. The van der Waals surface area contributed by atoms with Crippen LogP contribution in [0.5, 0.6) is 0 Å². The lowest BCUT2D eigenvalue weighted by Gasteiger charge is -2.21. The molecule has 0 spiro atoms. The van der Waals surface area contributed by atoms with Gasteiger partial charge in [-0.05, 0) is 38.5 Å². The number of carbonyl (C=O) groups is 2. The summed E-state index contributed by atoms with van der Waals surface area (Å²) in [6, 6.07) is 5.09. The Bertz CT molecular complexity index is 484. The monoisotopic (exact) mass is 264 g/mol. The normalized spacial score (nSPS) is 10.4. The number of carbonyl (C=O) groups excluding carboxylic acids is 2. The van der Waals surface area contributed by atoms with E-state index in [-0.39, 0.29) is 18.6 Å². The zero-order valence-electron chi connectivity index (χ0n) is 11.8. The number of hydrogen-bond donors (Lipinski definition) is 1. The number of rotatable bonds is 4. The predicted octanol–water partition coefficient (Wildman–Crippen LogP) is 1.60. The number of hydrogen-bond acceptors (Lipinski definition) is 4. The molecule has 1 rings (SSSR count). The molecule has 1 amide bonds. The van der Waals surface area contributed by atoms with E-state index in [1.54, 1.807) is 32.2 Å². The van der Waals surface area contributed by atoms with Crippen molar-refractivity contribution in [3.63, 3.8) is 0 Å². The zero-order chi connectivity index (χ0) is 14.6. The summed E-state index contributed by atoms with van der Waals surface area (Å²) in [7, 11) is 1.67. The van der Waals surface area contributed by atoms with Crippen molar-refractivity contribution in [2.75, 3.05) is 19.4 Å². The largest absolute Gasteiger partial charge is 0.452 e. The summed E-state index contributed by atoms with van der Waals surface area (Å²) >= 11 is 0. The number of likely N-dealkylation sites (N-methyl/N-ethyl adjacent to an activating group) is 1. The Morgan fingerprint density at radius 2 is 2.00 bits per heavy atom. The van der Waals surface area contributed by atoms with Crippen LogP contribution in [0, 0.1) is 6.92 Å². The third-order valence-electron chi connectivity index (χ3n) is 3.09. The van der Waals surface area contributed by atoms with Gasteiger partial charge < -0.3 is 15.4 Å². The first-order chi connectivity index (χ1) is 8.84. The van der Waals surface area contributed by atoms with Gasteiger partial charge in [-0.25, -0.2) is 4.79 Å². The van der Waals surface area contributed by atoms with E-state index in [1.165, 1.54) is 4.90 Å². The third kappa shape index (κ3) is 3.71. The molecule has 0 aliphatic rings. The summed E-state index contributed by atoms with van der Waals surface area (Å²) in [5.41, 5.74) is 7.30. The maximum atomic E-state index is 11.9. The second kappa shape index (κ2) is 6.22. The van der Waals surface area contributed by atoms with E-state index in [1.807, 2.05) is 13.8 Å². The van der Waals surface area contributed by atoms with Crippen LogP contribution >= 0.6 is 0 Å². The molecule has 0 unspecified atom stereocenters. The van der Waals surface area contributed by atoms with E-state index < -0.39 is 5.97 Å². The Hall–Kier alpha value is -2.04. The number of nitrogens with two attached hydrogens (primary N) is 1. The highest BCUT2D eigenvalue weighted by molar-refractivity contribution is 5.94. The van der Waals surface area contributed by atoms with Crippen LogP contribution in [0.15, 0.2) is 18.2 Å². The third-order valence-corrected chi connectivity index (χ3v) is 3.09. The van der Waals surface area contributed by atoms with E-state index in [9.17, 15) is 9.59 Å². The van der Waals surface area contributed by atoms with Crippen LogP contribution in [0.2, 0.25) is 0 Å². The van der Waals surface area contributed by atoms with Crippen molar-refractivity contribution in [1.29, 1.82) is 0 Å². The van der Waals surface area contributed by atoms with Crippen molar-refractivity contribution < 1.29 is 14.3 Å². The second-order valence-electron chi connectivity index (χ2n) is 4.69. The summed E-state index contributed by atoms with van der Waals surface area (Å²) in [6.45, 7) is 5.26. The smallest absolute Gasteiger partial charge is 0.338 e. The molecule has 19 heavy (non-hydrogen) atoms. The van der Waals surface area contributed by atoms with Gasteiger partial charge in [0.25, 0.3) is 5.91 Å². The van der Waals surface area contributed by atoms with E-state index in [4.69, 9.17) is 10.5 Å². The molecule has 0 atom stereocenters. The summed E-state index contributed by atoms with van der Waals surface area (Å²) in [6.07, 6.45) is 0. The van der Waals surface area contributed by atoms with Crippen LogP contribution in [0.25, 0.3) is 0 Å². The molecule has 0 aliphatic carbocycles. The van der Waals surface area contributed by atoms with Gasteiger partial charge in [0, 0.05) is 18.8 Å². The predicted molar refractivity (Wildman–Crippen MR) is 73.8 cm³/mol. The Morgan fingerprint density at radius 1 is 1.37 bits per heavy atom. The van der Waals surface area contributed by atoms with Gasteiger partial charge in [0.1, 0.15) is 0 Å². The fourth-order valence-electron chi connectivity index (χ4n) is 1.47. The molecule has 0 aromatic heterocycles. The van der Waals surface area contributed by atoms with Gasteiger partial charge >= 0.3 is 5.97 Å². The molecule has 5 heteroatoms. The number of anilines is 1. The van der Waals surface area contributed by atoms with Gasteiger partial charge in [-0.2, -0.15) is 0 Å². The van der Waals surface area contributed by atoms with Crippen molar-refractivity contribution in [3.05, 3.63) is 29.3 Å². The van der Waals surface area contributed by atoms with E-state index in [0.29, 0.717) is 16.8 Å². The Morgan fingerprint density at radius 3 is 2.58 bits per heavy atom. The minimum Gasteiger partial charge on any atom is -0.452 e. The summed E-state index contributed by atoms with van der Waals surface area (Å²) in [5, 5.41) is 0. The topological polar surface area (TPSA) is 72.6 Å². The minimum atomic E-state index is -0.532. The molecule has 0 aliphatic heterocycles. The fraction of sp³-hybridized carbons (Fsp3) is 0.429. The molecule has 0 fully saturated rings.